The van der Waals surface area contributed by atoms with Gasteiger partial charge in [0.05, 0.1) is 6.04 Å². The van der Waals surface area contributed by atoms with Gasteiger partial charge in [0.1, 0.15) is 5.82 Å². The van der Waals surface area contributed by atoms with E-state index in [0.717, 1.165) is 16.9 Å². The van der Waals surface area contributed by atoms with E-state index in [1.165, 1.54) is 0 Å². The van der Waals surface area contributed by atoms with Crippen LogP contribution in [0.15, 0.2) is 30.7 Å². The van der Waals surface area contributed by atoms with E-state index in [9.17, 15) is 0 Å². The molecule has 17 heavy (non-hydrogen) atoms. The quantitative estimate of drug-likeness (QED) is 0.849. The Bertz CT molecular complexity index is 501. The molecule has 0 spiro atoms. The minimum Gasteiger partial charge on any atom is -0.363 e. The molecular formula is C12H13ClN4. The van der Waals surface area contributed by atoms with E-state index >= 15 is 0 Å². The van der Waals surface area contributed by atoms with E-state index in [2.05, 4.69) is 20.3 Å². The van der Waals surface area contributed by atoms with E-state index in [0.29, 0.717) is 0 Å². The fourth-order valence-electron chi connectivity index (χ4n) is 1.49. The van der Waals surface area contributed by atoms with Crippen LogP contribution in [0.2, 0.25) is 5.28 Å². The van der Waals surface area contributed by atoms with Crippen molar-refractivity contribution in [2.24, 2.45) is 0 Å². The zero-order valence-electron chi connectivity index (χ0n) is 9.68. The van der Waals surface area contributed by atoms with Crippen molar-refractivity contribution in [1.29, 1.82) is 0 Å². The molecule has 2 rings (SSSR count). The van der Waals surface area contributed by atoms with Gasteiger partial charge in [-0.3, -0.25) is 4.98 Å². The third-order valence-electron chi connectivity index (χ3n) is 2.48. The average Bonchev–Trinajstić information content (AvgIpc) is 2.35. The Morgan fingerprint density at radius 1 is 1.35 bits per heavy atom. The van der Waals surface area contributed by atoms with Gasteiger partial charge in [-0.05, 0) is 37.1 Å². The van der Waals surface area contributed by atoms with Crippen LogP contribution in [-0.4, -0.2) is 15.0 Å². The monoisotopic (exact) mass is 248 g/mol. The van der Waals surface area contributed by atoms with Gasteiger partial charge in [-0.15, -0.1) is 0 Å². The van der Waals surface area contributed by atoms with Crippen LogP contribution in [0.1, 0.15) is 24.1 Å². The van der Waals surface area contributed by atoms with Crippen molar-refractivity contribution in [2.75, 3.05) is 5.32 Å². The third kappa shape index (κ3) is 2.91. The maximum Gasteiger partial charge on any atom is 0.224 e. The second-order valence-electron chi connectivity index (χ2n) is 3.82. The molecule has 1 unspecified atom stereocenters. The Morgan fingerprint density at radius 2 is 2.18 bits per heavy atom. The molecule has 4 nitrogen and oxygen atoms in total. The summed E-state index contributed by atoms with van der Waals surface area (Å²) in [5.41, 5.74) is 2.06. The van der Waals surface area contributed by atoms with Crippen LogP contribution in [0.3, 0.4) is 0 Å². The normalized spacial score (nSPS) is 12.2. The lowest BCUT2D eigenvalue weighted by molar-refractivity contribution is 0.860. The first-order valence-corrected chi connectivity index (χ1v) is 5.70. The van der Waals surface area contributed by atoms with E-state index in [1.54, 1.807) is 12.4 Å². The molecule has 0 aliphatic heterocycles. The Hall–Kier alpha value is -1.68. The zero-order chi connectivity index (χ0) is 12.3. The highest BCUT2D eigenvalue weighted by Gasteiger charge is 2.08. The largest absolute Gasteiger partial charge is 0.363 e. The van der Waals surface area contributed by atoms with Crippen LogP contribution in [0, 0.1) is 6.92 Å². The number of rotatable bonds is 3. The summed E-state index contributed by atoms with van der Waals surface area (Å²) in [7, 11) is 0. The van der Waals surface area contributed by atoms with E-state index in [1.807, 2.05) is 32.2 Å². The van der Waals surface area contributed by atoms with Crippen LogP contribution in [-0.2, 0) is 0 Å². The Balaban J connectivity index is 2.18. The average molecular weight is 249 g/mol. The molecule has 1 atom stereocenters. The van der Waals surface area contributed by atoms with Crippen LogP contribution in [0.5, 0.6) is 0 Å². The molecule has 88 valence electrons. The van der Waals surface area contributed by atoms with Crippen molar-refractivity contribution < 1.29 is 0 Å². The number of halogens is 1. The summed E-state index contributed by atoms with van der Waals surface area (Å²) in [6.07, 6.45) is 5.28. The molecule has 1 N–H and O–H groups in total. The zero-order valence-corrected chi connectivity index (χ0v) is 10.4. The molecule has 2 heterocycles. The molecular weight excluding hydrogens is 236 g/mol. The summed E-state index contributed by atoms with van der Waals surface area (Å²) in [5.74, 6) is 0.751. The van der Waals surface area contributed by atoms with Crippen molar-refractivity contribution in [3.05, 3.63) is 47.1 Å². The summed E-state index contributed by atoms with van der Waals surface area (Å²) in [6, 6.07) is 4.05. The van der Waals surface area contributed by atoms with Gasteiger partial charge in [0.15, 0.2) is 0 Å². The number of nitrogens with zero attached hydrogens (tertiary/aromatic N) is 3. The molecule has 0 amide bonds. The lowest BCUT2D eigenvalue weighted by Crippen LogP contribution is -2.09. The van der Waals surface area contributed by atoms with Gasteiger partial charge < -0.3 is 5.32 Å². The van der Waals surface area contributed by atoms with E-state index < -0.39 is 0 Å². The minimum absolute atomic E-state index is 0.119. The number of aryl methyl sites for hydroxylation is 1. The van der Waals surface area contributed by atoms with Crippen LogP contribution in [0.25, 0.3) is 0 Å². The number of pyridine rings is 1. The Morgan fingerprint density at radius 3 is 2.88 bits per heavy atom. The molecule has 2 aromatic heterocycles. The molecule has 0 saturated heterocycles. The van der Waals surface area contributed by atoms with E-state index in [-0.39, 0.29) is 11.3 Å². The highest BCUT2D eigenvalue weighted by atomic mass is 35.5. The number of hydrogen-bond acceptors (Lipinski definition) is 4. The maximum absolute atomic E-state index is 5.77. The fraction of sp³-hybridized carbons (Fsp3) is 0.250. The number of nitrogens with one attached hydrogen (secondary N) is 1. The first-order valence-electron chi connectivity index (χ1n) is 5.32. The van der Waals surface area contributed by atoms with Gasteiger partial charge >= 0.3 is 0 Å². The van der Waals surface area contributed by atoms with Crippen molar-refractivity contribution >= 4 is 17.4 Å². The van der Waals surface area contributed by atoms with Crippen molar-refractivity contribution in [2.45, 2.75) is 19.9 Å². The summed E-state index contributed by atoms with van der Waals surface area (Å²) < 4.78 is 0. The van der Waals surface area contributed by atoms with Gasteiger partial charge in [-0.1, -0.05) is 6.07 Å². The van der Waals surface area contributed by atoms with Gasteiger partial charge in [-0.2, -0.15) is 0 Å². The Kier molecular flexibility index (Phi) is 3.54. The second-order valence-corrected chi connectivity index (χ2v) is 4.16. The topological polar surface area (TPSA) is 50.7 Å². The molecule has 0 aliphatic rings. The molecule has 0 aromatic carbocycles. The fourth-order valence-corrected chi connectivity index (χ4v) is 1.62. The van der Waals surface area contributed by atoms with Gasteiger partial charge in [0, 0.05) is 24.2 Å². The molecule has 0 fully saturated rings. The van der Waals surface area contributed by atoms with Crippen molar-refractivity contribution in [3.8, 4) is 0 Å². The molecule has 0 saturated carbocycles. The molecule has 0 radical (unpaired) electrons. The second kappa shape index (κ2) is 5.10. The highest BCUT2D eigenvalue weighted by molar-refractivity contribution is 6.28. The number of aromatic nitrogens is 3. The minimum atomic E-state index is 0.119. The predicted octanol–water partition coefficient (Wildman–Crippen LogP) is 3.01. The SMILES string of the molecule is Cc1cnc(Cl)nc1NC(C)c1cccnc1. The summed E-state index contributed by atoms with van der Waals surface area (Å²) in [4.78, 5) is 12.2. The number of anilines is 1. The van der Waals surface area contributed by atoms with E-state index in [4.69, 9.17) is 11.6 Å². The first kappa shape index (κ1) is 11.8. The molecule has 0 aliphatic carbocycles. The molecule has 5 heteroatoms. The van der Waals surface area contributed by atoms with Gasteiger partial charge in [0.25, 0.3) is 0 Å². The summed E-state index contributed by atoms with van der Waals surface area (Å²) in [6.45, 7) is 3.99. The molecule has 0 bridgehead atoms. The summed E-state index contributed by atoms with van der Waals surface area (Å²) >= 11 is 5.77. The van der Waals surface area contributed by atoms with Gasteiger partial charge in [-0.25, -0.2) is 9.97 Å². The third-order valence-corrected chi connectivity index (χ3v) is 2.66. The number of hydrogen-bond donors (Lipinski definition) is 1. The standard InChI is InChI=1S/C12H13ClN4/c1-8-6-15-12(13)17-11(8)16-9(2)10-4-3-5-14-7-10/h3-7,9H,1-2H3,(H,15,16,17). The van der Waals surface area contributed by atoms with Crippen molar-refractivity contribution in [3.63, 3.8) is 0 Å². The highest BCUT2D eigenvalue weighted by Crippen LogP contribution is 2.20. The lowest BCUT2D eigenvalue weighted by Gasteiger charge is -2.15. The summed E-state index contributed by atoms with van der Waals surface area (Å²) in [5, 5.41) is 3.54. The van der Waals surface area contributed by atoms with Crippen LogP contribution >= 0.6 is 11.6 Å². The van der Waals surface area contributed by atoms with Crippen molar-refractivity contribution in [1.82, 2.24) is 15.0 Å². The van der Waals surface area contributed by atoms with Crippen LogP contribution < -0.4 is 5.32 Å². The first-order chi connectivity index (χ1) is 8.16. The van der Waals surface area contributed by atoms with Gasteiger partial charge in [0.2, 0.25) is 5.28 Å². The smallest absolute Gasteiger partial charge is 0.224 e. The van der Waals surface area contributed by atoms with Crippen LogP contribution in [0.4, 0.5) is 5.82 Å². The maximum atomic E-state index is 5.77. The Labute approximate surface area is 105 Å². The lowest BCUT2D eigenvalue weighted by atomic mass is 10.1. The predicted molar refractivity (Wildman–Crippen MR) is 68.1 cm³/mol. The molecule has 2 aromatic rings.